The molecule has 1 N–H and O–H groups in total. The molecule has 0 amide bonds. The van der Waals surface area contributed by atoms with E-state index in [0.29, 0.717) is 0 Å². The van der Waals surface area contributed by atoms with E-state index in [1.165, 1.54) is 12.1 Å². The van der Waals surface area contributed by atoms with Crippen molar-refractivity contribution >= 4 is 5.97 Å². The van der Waals surface area contributed by atoms with Crippen molar-refractivity contribution in [3.05, 3.63) is 29.6 Å². The lowest BCUT2D eigenvalue weighted by Gasteiger charge is -2.03. The van der Waals surface area contributed by atoms with Gasteiger partial charge in [0.1, 0.15) is 24.1 Å². The van der Waals surface area contributed by atoms with E-state index in [2.05, 4.69) is 4.74 Å². The van der Waals surface area contributed by atoms with E-state index >= 15 is 0 Å². The summed E-state index contributed by atoms with van der Waals surface area (Å²) in [7, 11) is 0. The molecule has 0 saturated carbocycles. The van der Waals surface area contributed by atoms with Crippen LogP contribution in [-0.2, 0) is 4.79 Å². The highest BCUT2D eigenvalue weighted by atomic mass is 19.1. The zero-order chi connectivity index (χ0) is 10.6. The molecule has 0 saturated heterocycles. The Bertz CT molecular complexity index is 398. The molecule has 1 aromatic rings. The number of ether oxygens (including phenoxy) is 1. The minimum atomic E-state index is -0.938. The van der Waals surface area contributed by atoms with E-state index in [1.54, 1.807) is 6.07 Å². The van der Waals surface area contributed by atoms with Crippen molar-refractivity contribution in [2.24, 2.45) is 0 Å². The highest BCUT2D eigenvalue weighted by Crippen LogP contribution is 2.20. The molecule has 0 atom stereocenters. The van der Waals surface area contributed by atoms with Crippen LogP contribution in [0.15, 0.2) is 18.2 Å². The van der Waals surface area contributed by atoms with Crippen molar-refractivity contribution in [3.63, 3.8) is 0 Å². The van der Waals surface area contributed by atoms with Gasteiger partial charge in [0, 0.05) is 0 Å². The van der Waals surface area contributed by atoms with Gasteiger partial charge in [-0.3, -0.25) is 0 Å². The van der Waals surface area contributed by atoms with E-state index in [4.69, 9.17) is 10.4 Å². The third kappa shape index (κ3) is 2.06. The predicted octanol–water partition coefficient (Wildman–Crippen LogP) is 0.595. The van der Waals surface area contributed by atoms with Gasteiger partial charge in [0.2, 0.25) is 0 Å². The van der Waals surface area contributed by atoms with Gasteiger partial charge in [-0.25, -0.2) is 9.18 Å². The number of carbonyl (C=O) groups is 1. The summed E-state index contributed by atoms with van der Waals surface area (Å²) < 4.78 is 17.4. The van der Waals surface area contributed by atoms with Gasteiger partial charge >= 0.3 is 5.97 Å². The number of nitrogens with zero attached hydrogens (tertiary/aromatic N) is 1. The number of benzene rings is 1. The molecular formula is C9H6FNO3. The molecule has 0 aliphatic carbocycles. The number of esters is 1. The molecular weight excluding hydrogens is 189 g/mol. The molecule has 0 heterocycles. The van der Waals surface area contributed by atoms with Gasteiger partial charge in [-0.2, -0.15) is 5.26 Å². The van der Waals surface area contributed by atoms with E-state index in [0.717, 1.165) is 6.07 Å². The van der Waals surface area contributed by atoms with Crippen LogP contribution in [0.5, 0.6) is 5.75 Å². The Labute approximate surface area is 79.2 Å². The summed E-state index contributed by atoms with van der Waals surface area (Å²) in [6.45, 7) is -0.818. The van der Waals surface area contributed by atoms with E-state index in [9.17, 15) is 9.18 Å². The summed E-state index contributed by atoms with van der Waals surface area (Å²) in [5.74, 6) is -1.89. The molecule has 14 heavy (non-hydrogen) atoms. The third-order valence-corrected chi connectivity index (χ3v) is 1.44. The zero-order valence-electron chi connectivity index (χ0n) is 7.03. The molecule has 0 bridgehead atoms. The average molecular weight is 195 g/mol. The normalized spacial score (nSPS) is 9.21. The van der Waals surface area contributed by atoms with Crippen LogP contribution in [0, 0.1) is 17.1 Å². The van der Waals surface area contributed by atoms with Gasteiger partial charge in [-0.1, -0.05) is 6.07 Å². The van der Waals surface area contributed by atoms with Crippen molar-refractivity contribution in [1.29, 1.82) is 5.26 Å². The quantitative estimate of drug-likeness (QED) is 0.554. The summed E-state index contributed by atoms with van der Waals surface area (Å²) in [5, 5.41) is 16.9. The Morgan fingerprint density at radius 3 is 2.93 bits per heavy atom. The maximum Gasteiger partial charge on any atom is 0.337 e. The Morgan fingerprint density at radius 2 is 2.36 bits per heavy atom. The maximum atomic E-state index is 12.9. The summed E-state index contributed by atoms with van der Waals surface area (Å²) in [6, 6.07) is 5.21. The second-order valence-electron chi connectivity index (χ2n) is 2.36. The van der Waals surface area contributed by atoms with E-state index in [1.807, 2.05) is 0 Å². The number of carbonyl (C=O) groups excluding carboxylic acids is 1. The summed E-state index contributed by atoms with van der Waals surface area (Å²) in [5.41, 5.74) is -0.352. The SMILES string of the molecule is N#Cc1c(F)cccc1OC(=O)CO. The van der Waals surface area contributed by atoms with Gasteiger partial charge < -0.3 is 9.84 Å². The molecule has 0 aliphatic heterocycles. The average Bonchev–Trinajstić information content (AvgIpc) is 2.18. The highest BCUT2D eigenvalue weighted by Gasteiger charge is 2.11. The molecule has 1 rings (SSSR count). The van der Waals surface area contributed by atoms with Crippen LogP contribution in [0.2, 0.25) is 0 Å². The summed E-state index contributed by atoms with van der Waals surface area (Å²) >= 11 is 0. The number of halogens is 1. The first-order chi connectivity index (χ1) is 6.69. The number of rotatable bonds is 2. The van der Waals surface area contributed by atoms with Crippen molar-refractivity contribution in [2.75, 3.05) is 6.61 Å². The molecule has 0 radical (unpaired) electrons. The first-order valence-corrected chi connectivity index (χ1v) is 3.69. The minimum absolute atomic E-state index is 0.188. The van der Waals surface area contributed by atoms with Gasteiger partial charge in [0.05, 0.1) is 0 Å². The number of nitriles is 1. The largest absolute Gasteiger partial charge is 0.423 e. The summed E-state index contributed by atoms with van der Waals surface area (Å²) in [4.78, 5) is 10.7. The van der Waals surface area contributed by atoms with Crippen molar-refractivity contribution in [1.82, 2.24) is 0 Å². The fourth-order valence-electron chi connectivity index (χ4n) is 0.853. The second-order valence-corrected chi connectivity index (χ2v) is 2.36. The number of hydrogen-bond acceptors (Lipinski definition) is 4. The van der Waals surface area contributed by atoms with Gasteiger partial charge in [-0.05, 0) is 12.1 Å². The molecule has 5 heteroatoms. The van der Waals surface area contributed by atoms with Crippen LogP contribution in [0.1, 0.15) is 5.56 Å². The lowest BCUT2D eigenvalue weighted by molar-refractivity contribution is -0.137. The number of aliphatic hydroxyl groups is 1. The third-order valence-electron chi connectivity index (χ3n) is 1.44. The van der Waals surface area contributed by atoms with Crippen molar-refractivity contribution < 1.29 is 19.0 Å². The van der Waals surface area contributed by atoms with E-state index in [-0.39, 0.29) is 11.3 Å². The lowest BCUT2D eigenvalue weighted by Crippen LogP contribution is -2.13. The molecule has 0 fully saturated rings. The smallest absolute Gasteiger partial charge is 0.337 e. The first-order valence-electron chi connectivity index (χ1n) is 3.69. The van der Waals surface area contributed by atoms with Gasteiger partial charge in [0.15, 0.2) is 5.75 Å². The van der Waals surface area contributed by atoms with Crippen LogP contribution in [-0.4, -0.2) is 17.7 Å². The molecule has 0 aliphatic rings. The standard InChI is InChI=1S/C9H6FNO3/c10-7-2-1-3-8(6(7)4-11)14-9(13)5-12/h1-3,12H,5H2. The van der Waals surface area contributed by atoms with Crippen molar-refractivity contribution in [2.45, 2.75) is 0 Å². The Hall–Kier alpha value is -1.93. The van der Waals surface area contributed by atoms with Gasteiger partial charge in [-0.15, -0.1) is 0 Å². The Balaban J connectivity index is 3.04. The fraction of sp³-hybridized carbons (Fsp3) is 0.111. The van der Waals surface area contributed by atoms with Crippen LogP contribution < -0.4 is 4.74 Å². The molecule has 0 unspecified atom stereocenters. The first kappa shape index (κ1) is 10.2. The second kappa shape index (κ2) is 4.35. The highest BCUT2D eigenvalue weighted by molar-refractivity contribution is 5.74. The van der Waals surface area contributed by atoms with Crippen LogP contribution in [0.3, 0.4) is 0 Å². The minimum Gasteiger partial charge on any atom is -0.423 e. The lowest BCUT2D eigenvalue weighted by atomic mass is 10.2. The number of aliphatic hydroxyl groups excluding tert-OH is 1. The monoisotopic (exact) mass is 195 g/mol. The number of hydrogen-bond donors (Lipinski definition) is 1. The van der Waals surface area contributed by atoms with Crippen LogP contribution in [0.4, 0.5) is 4.39 Å². The fourth-order valence-corrected chi connectivity index (χ4v) is 0.853. The van der Waals surface area contributed by atoms with E-state index < -0.39 is 18.4 Å². The zero-order valence-corrected chi connectivity index (χ0v) is 7.03. The van der Waals surface area contributed by atoms with Crippen molar-refractivity contribution in [3.8, 4) is 11.8 Å². The van der Waals surface area contributed by atoms with Crippen LogP contribution in [0.25, 0.3) is 0 Å². The van der Waals surface area contributed by atoms with Crippen LogP contribution >= 0.6 is 0 Å². The predicted molar refractivity (Wildman–Crippen MR) is 43.8 cm³/mol. The topological polar surface area (TPSA) is 70.3 Å². The summed E-state index contributed by atoms with van der Waals surface area (Å²) in [6.07, 6.45) is 0. The maximum absolute atomic E-state index is 12.9. The molecule has 0 aromatic heterocycles. The molecule has 0 spiro atoms. The molecule has 72 valence electrons. The Morgan fingerprint density at radius 1 is 1.64 bits per heavy atom. The molecule has 1 aromatic carbocycles. The molecule has 4 nitrogen and oxygen atoms in total. The van der Waals surface area contributed by atoms with Gasteiger partial charge in [0.25, 0.3) is 0 Å². The Kier molecular flexibility index (Phi) is 3.15.